The maximum atomic E-state index is 10.6. The highest BCUT2D eigenvalue weighted by molar-refractivity contribution is 5.41. The van der Waals surface area contributed by atoms with Gasteiger partial charge in [-0.15, -0.1) is 0 Å². The van der Waals surface area contributed by atoms with E-state index >= 15 is 0 Å². The average molecular weight is 206 g/mol. The normalized spacial score (nSPS) is 19.7. The van der Waals surface area contributed by atoms with Crippen molar-refractivity contribution in [3.63, 3.8) is 0 Å². The number of nitrogens with one attached hydrogen (secondary N) is 1. The molecule has 0 amide bonds. The summed E-state index contributed by atoms with van der Waals surface area (Å²) in [5.41, 5.74) is 2.49. The summed E-state index contributed by atoms with van der Waals surface area (Å²) < 4.78 is 0. The Kier molecular flexibility index (Phi) is 2.68. The van der Waals surface area contributed by atoms with Crippen LogP contribution in [-0.2, 0) is 13.0 Å². The van der Waals surface area contributed by atoms with Crippen molar-refractivity contribution in [2.75, 3.05) is 0 Å². The number of hydrogen-bond donors (Lipinski definition) is 1. The fourth-order valence-electron chi connectivity index (χ4n) is 1.97. The van der Waals surface area contributed by atoms with Gasteiger partial charge >= 0.3 is 0 Å². The molecule has 1 aliphatic rings. The van der Waals surface area contributed by atoms with Gasteiger partial charge in [-0.3, -0.25) is 10.1 Å². The molecule has 1 heterocycles. The number of non-ortho nitro benzene ring substituents is 1. The molecule has 1 aromatic carbocycles. The number of fused-ring (bicyclic) bond motifs is 1. The highest BCUT2D eigenvalue weighted by atomic mass is 16.6. The van der Waals surface area contributed by atoms with Crippen LogP contribution in [0, 0.1) is 10.1 Å². The predicted octanol–water partition coefficient (Wildman–Crippen LogP) is 2.02. The van der Waals surface area contributed by atoms with Crippen molar-refractivity contribution in [2.45, 2.75) is 32.4 Å². The first-order valence-electron chi connectivity index (χ1n) is 5.20. The van der Waals surface area contributed by atoms with Crippen LogP contribution in [0.2, 0.25) is 0 Å². The highest BCUT2D eigenvalue weighted by Crippen LogP contribution is 2.22. The lowest BCUT2D eigenvalue weighted by atomic mass is 9.94. The second kappa shape index (κ2) is 3.98. The van der Waals surface area contributed by atoms with Gasteiger partial charge in [0.05, 0.1) is 4.92 Å². The van der Waals surface area contributed by atoms with Gasteiger partial charge in [0.25, 0.3) is 5.69 Å². The van der Waals surface area contributed by atoms with Crippen molar-refractivity contribution in [3.05, 3.63) is 39.4 Å². The van der Waals surface area contributed by atoms with Crippen LogP contribution in [0.5, 0.6) is 0 Å². The van der Waals surface area contributed by atoms with Crippen molar-refractivity contribution < 1.29 is 4.92 Å². The molecule has 4 nitrogen and oxygen atoms in total. The van der Waals surface area contributed by atoms with E-state index in [-0.39, 0.29) is 10.6 Å². The number of hydrogen-bond acceptors (Lipinski definition) is 3. The molecule has 0 saturated carbocycles. The third-order valence-corrected chi connectivity index (χ3v) is 2.94. The van der Waals surface area contributed by atoms with Crippen molar-refractivity contribution in [1.29, 1.82) is 0 Å². The van der Waals surface area contributed by atoms with Crippen LogP contribution in [0.1, 0.15) is 24.5 Å². The summed E-state index contributed by atoms with van der Waals surface area (Å²) in [4.78, 5) is 10.3. The van der Waals surface area contributed by atoms with E-state index in [0.717, 1.165) is 24.9 Å². The van der Waals surface area contributed by atoms with Gasteiger partial charge in [-0.2, -0.15) is 0 Å². The lowest BCUT2D eigenvalue weighted by Gasteiger charge is -2.24. The zero-order valence-electron chi connectivity index (χ0n) is 8.69. The summed E-state index contributed by atoms with van der Waals surface area (Å²) in [5, 5.41) is 14.0. The molecule has 0 radical (unpaired) electrons. The van der Waals surface area contributed by atoms with Crippen molar-refractivity contribution in [3.8, 4) is 0 Å². The van der Waals surface area contributed by atoms with Gasteiger partial charge in [0.15, 0.2) is 0 Å². The first-order valence-corrected chi connectivity index (χ1v) is 5.20. The molecule has 1 aliphatic heterocycles. The minimum Gasteiger partial charge on any atom is -0.310 e. The summed E-state index contributed by atoms with van der Waals surface area (Å²) in [6.45, 7) is 2.89. The molecular weight excluding hydrogens is 192 g/mol. The molecule has 4 heteroatoms. The predicted molar refractivity (Wildman–Crippen MR) is 57.7 cm³/mol. The molecule has 0 aliphatic carbocycles. The van der Waals surface area contributed by atoms with E-state index in [1.165, 1.54) is 5.56 Å². The Hall–Kier alpha value is -1.42. The maximum absolute atomic E-state index is 10.6. The summed E-state index contributed by atoms with van der Waals surface area (Å²) in [7, 11) is 0. The summed E-state index contributed by atoms with van der Waals surface area (Å²) in [5.74, 6) is 0. The molecule has 80 valence electrons. The van der Waals surface area contributed by atoms with Gasteiger partial charge < -0.3 is 5.32 Å². The fraction of sp³-hybridized carbons (Fsp3) is 0.455. The topological polar surface area (TPSA) is 55.2 Å². The van der Waals surface area contributed by atoms with E-state index in [2.05, 4.69) is 12.2 Å². The van der Waals surface area contributed by atoms with Gasteiger partial charge in [0.2, 0.25) is 0 Å². The molecule has 1 unspecified atom stereocenters. The monoisotopic (exact) mass is 206 g/mol. The summed E-state index contributed by atoms with van der Waals surface area (Å²) >= 11 is 0. The molecule has 15 heavy (non-hydrogen) atoms. The van der Waals surface area contributed by atoms with Crippen molar-refractivity contribution in [2.24, 2.45) is 0 Å². The lowest BCUT2D eigenvalue weighted by molar-refractivity contribution is -0.384. The first kappa shape index (κ1) is 10.1. The van der Waals surface area contributed by atoms with Gasteiger partial charge in [-0.25, -0.2) is 0 Å². The Bertz CT molecular complexity index is 390. The van der Waals surface area contributed by atoms with Crippen LogP contribution in [-0.4, -0.2) is 11.0 Å². The number of nitrogens with zero attached hydrogens (tertiary/aromatic N) is 1. The molecule has 0 saturated heterocycles. The van der Waals surface area contributed by atoms with Crippen LogP contribution in [0.4, 0.5) is 5.69 Å². The molecule has 2 rings (SSSR count). The molecule has 0 fully saturated rings. The van der Waals surface area contributed by atoms with Gasteiger partial charge in [-0.05, 0) is 24.0 Å². The molecule has 0 bridgehead atoms. The van der Waals surface area contributed by atoms with E-state index in [1.54, 1.807) is 12.1 Å². The van der Waals surface area contributed by atoms with E-state index in [0.29, 0.717) is 6.04 Å². The largest absolute Gasteiger partial charge is 0.310 e. The molecule has 0 spiro atoms. The Balaban J connectivity index is 2.28. The van der Waals surface area contributed by atoms with Gasteiger partial charge in [-0.1, -0.05) is 13.0 Å². The van der Waals surface area contributed by atoms with E-state index in [4.69, 9.17) is 0 Å². The van der Waals surface area contributed by atoms with Gasteiger partial charge in [0.1, 0.15) is 0 Å². The quantitative estimate of drug-likeness (QED) is 0.595. The SMILES string of the molecule is CCC1Cc2ccc([N+](=O)[O-])cc2CN1. The standard InChI is InChI=1S/C11H14N2O2/c1-2-10-5-8-3-4-11(13(14)15)6-9(8)7-12-10/h3-4,6,10,12H,2,5,7H2,1H3. The lowest BCUT2D eigenvalue weighted by Crippen LogP contribution is -2.34. The minimum atomic E-state index is -0.341. The van der Waals surface area contributed by atoms with Crippen molar-refractivity contribution >= 4 is 5.69 Å². The average Bonchev–Trinajstić information content (AvgIpc) is 2.27. The van der Waals surface area contributed by atoms with E-state index < -0.39 is 0 Å². The van der Waals surface area contributed by atoms with E-state index in [9.17, 15) is 10.1 Å². The van der Waals surface area contributed by atoms with Crippen LogP contribution in [0.15, 0.2) is 18.2 Å². The summed E-state index contributed by atoms with van der Waals surface area (Å²) in [6, 6.07) is 5.67. The van der Waals surface area contributed by atoms with Crippen molar-refractivity contribution in [1.82, 2.24) is 5.32 Å². The fourth-order valence-corrected chi connectivity index (χ4v) is 1.97. The van der Waals surface area contributed by atoms with E-state index in [1.807, 2.05) is 6.07 Å². The van der Waals surface area contributed by atoms with Gasteiger partial charge in [0, 0.05) is 24.7 Å². The molecule has 0 aromatic heterocycles. The first-order chi connectivity index (χ1) is 7.20. The zero-order chi connectivity index (χ0) is 10.8. The second-order valence-electron chi connectivity index (χ2n) is 3.90. The number of rotatable bonds is 2. The Morgan fingerprint density at radius 3 is 3.00 bits per heavy atom. The minimum absolute atomic E-state index is 0.186. The Morgan fingerprint density at radius 1 is 1.53 bits per heavy atom. The smallest absolute Gasteiger partial charge is 0.269 e. The number of nitro groups is 1. The third kappa shape index (κ3) is 1.99. The summed E-state index contributed by atoms with van der Waals surface area (Å²) in [6.07, 6.45) is 2.07. The molecule has 1 atom stereocenters. The zero-order valence-corrected chi connectivity index (χ0v) is 8.69. The molecular formula is C11H14N2O2. The number of benzene rings is 1. The Labute approximate surface area is 88.5 Å². The van der Waals surface area contributed by atoms with Crippen LogP contribution in [0.25, 0.3) is 0 Å². The highest BCUT2D eigenvalue weighted by Gasteiger charge is 2.18. The maximum Gasteiger partial charge on any atom is 0.269 e. The molecule has 1 aromatic rings. The van der Waals surface area contributed by atoms with Crippen LogP contribution in [0.3, 0.4) is 0 Å². The second-order valence-corrected chi connectivity index (χ2v) is 3.90. The molecule has 1 N–H and O–H groups in total. The van der Waals surface area contributed by atoms with Crippen LogP contribution >= 0.6 is 0 Å². The van der Waals surface area contributed by atoms with Crippen LogP contribution < -0.4 is 5.32 Å². The number of nitro benzene ring substituents is 1. The third-order valence-electron chi connectivity index (χ3n) is 2.94. The Morgan fingerprint density at radius 2 is 2.33 bits per heavy atom.